The Balaban J connectivity index is 1.98. The molecule has 114 valence electrons. The third-order valence-electron chi connectivity index (χ3n) is 3.38. The van der Waals surface area contributed by atoms with Crippen LogP contribution in [0.1, 0.15) is 16.7 Å². The summed E-state index contributed by atoms with van der Waals surface area (Å²) in [5.41, 5.74) is 4.05. The average Bonchev–Trinajstić information content (AvgIpc) is 2.81. The van der Waals surface area contributed by atoms with Crippen molar-refractivity contribution in [1.29, 1.82) is 0 Å². The van der Waals surface area contributed by atoms with Crippen molar-refractivity contribution in [3.63, 3.8) is 0 Å². The molecule has 1 N–H and O–H groups in total. The number of hydrogen-bond acceptors (Lipinski definition) is 4. The van der Waals surface area contributed by atoms with Gasteiger partial charge in [-0.3, -0.25) is 4.72 Å². The summed E-state index contributed by atoms with van der Waals surface area (Å²) in [5.74, 6) is 0. The first-order chi connectivity index (χ1) is 10.3. The molecule has 1 aromatic heterocycles. The summed E-state index contributed by atoms with van der Waals surface area (Å²) in [6.07, 6.45) is 0. The van der Waals surface area contributed by atoms with Crippen molar-refractivity contribution < 1.29 is 8.42 Å². The molecule has 0 radical (unpaired) electrons. The normalized spacial score (nSPS) is 11.8. The Hall–Kier alpha value is -1.92. The van der Waals surface area contributed by atoms with E-state index in [1.807, 2.05) is 32.9 Å². The molecule has 0 atom stereocenters. The highest BCUT2D eigenvalue weighted by molar-refractivity contribution is 7.93. The van der Waals surface area contributed by atoms with Crippen LogP contribution >= 0.6 is 11.3 Å². The van der Waals surface area contributed by atoms with E-state index in [-0.39, 0.29) is 4.90 Å². The second-order valence-electron chi connectivity index (χ2n) is 5.37. The van der Waals surface area contributed by atoms with Gasteiger partial charge in [-0.15, -0.1) is 0 Å². The van der Waals surface area contributed by atoms with E-state index in [2.05, 4.69) is 9.71 Å². The predicted molar refractivity (Wildman–Crippen MR) is 91.1 cm³/mol. The van der Waals surface area contributed by atoms with Crippen LogP contribution in [0.15, 0.2) is 41.3 Å². The molecular formula is C16H16N2O2S2. The number of nitrogens with one attached hydrogen (secondary N) is 1. The summed E-state index contributed by atoms with van der Waals surface area (Å²) in [5, 5.41) is 0.393. The second-order valence-corrected chi connectivity index (χ2v) is 8.08. The Morgan fingerprint density at radius 1 is 1.00 bits per heavy atom. The molecule has 0 saturated heterocycles. The number of aromatic nitrogens is 1. The van der Waals surface area contributed by atoms with E-state index >= 15 is 0 Å². The summed E-state index contributed by atoms with van der Waals surface area (Å²) in [6, 6.07) is 10.8. The molecule has 0 aliphatic rings. The van der Waals surface area contributed by atoms with Crippen LogP contribution in [0.25, 0.3) is 10.2 Å². The van der Waals surface area contributed by atoms with Gasteiger partial charge in [0.1, 0.15) is 0 Å². The maximum atomic E-state index is 12.4. The van der Waals surface area contributed by atoms with E-state index < -0.39 is 10.0 Å². The number of thiazole rings is 1. The minimum absolute atomic E-state index is 0.241. The van der Waals surface area contributed by atoms with Crippen LogP contribution in [0.3, 0.4) is 0 Å². The molecule has 22 heavy (non-hydrogen) atoms. The number of fused-ring (bicyclic) bond motifs is 1. The minimum Gasteiger partial charge on any atom is -0.255 e. The molecule has 0 unspecified atom stereocenters. The molecule has 0 amide bonds. The number of hydrogen-bond donors (Lipinski definition) is 1. The standard InChI is InChI=1S/C16H16N2O2S2/c1-10-4-6-13(7-5-10)22(19,20)18-16-17-15-12(3)8-11(2)9-14(15)21-16/h4-9H,1-3H3,(H,17,18). The molecule has 4 nitrogen and oxygen atoms in total. The highest BCUT2D eigenvalue weighted by atomic mass is 32.2. The summed E-state index contributed by atoms with van der Waals surface area (Å²) >= 11 is 1.35. The molecule has 0 spiro atoms. The van der Waals surface area contributed by atoms with Crippen molar-refractivity contribution in [1.82, 2.24) is 4.98 Å². The van der Waals surface area contributed by atoms with E-state index in [1.165, 1.54) is 11.3 Å². The van der Waals surface area contributed by atoms with Gasteiger partial charge in [-0.05, 0) is 50.1 Å². The Morgan fingerprint density at radius 3 is 2.36 bits per heavy atom. The van der Waals surface area contributed by atoms with Gasteiger partial charge in [0.2, 0.25) is 0 Å². The van der Waals surface area contributed by atoms with Crippen LogP contribution in [-0.2, 0) is 10.0 Å². The Kier molecular flexibility index (Phi) is 3.66. The predicted octanol–water partition coefficient (Wildman–Crippen LogP) is 4.02. The van der Waals surface area contributed by atoms with Gasteiger partial charge in [0.25, 0.3) is 10.0 Å². The van der Waals surface area contributed by atoms with Crippen LogP contribution < -0.4 is 4.72 Å². The third kappa shape index (κ3) is 2.84. The van der Waals surface area contributed by atoms with Crippen molar-refractivity contribution in [2.24, 2.45) is 0 Å². The van der Waals surface area contributed by atoms with Gasteiger partial charge >= 0.3 is 0 Å². The van der Waals surface area contributed by atoms with E-state index in [0.717, 1.165) is 26.9 Å². The molecule has 0 saturated carbocycles. The fourth-order valence-electron chi connectivity index (χ4n) is 2.31. The van der Waals surface area contributed by atoms with E-state index in [9.17, 15) is 8.42 Å². The van der Waals surface area contributed by atoms with Crippen molar-refractivity contribution >= 4 is 36.7 Å². The van der Waals surface area contributed by atoms with Gasteiger partial charge < -0.3 is 0 Å². The third-order valence-corrected chi connectivity index (χ3v) is 5.78. The molecule has 3 rings (SSSR count). The number of anilines is 1. The van der Waals surface area contributed by atoms with Crippen LogP contribution in [0.4, 0.5) is 5.13 Å². The van der Waals surface area contributed by atoms with Crippen molar-refractivity contribution in [2.75, 3.05) is 4.72 Å². The monoisotopic (exact) mass is 332 g/mol. The summed E-state index contributed by atoms with van der Waals surface area (Å²) < 4.78 is 28.3. The first-order valence-electron chi connectivity index (χ1n) is 6.82. The van der Waals surface area contributed by atoms with Gasteiger partial charge in [0.15, 0.2) is 5.13 Å². The number of rotatable bonds is 3. The maximum Gasteiger partial charge on any atom is 0.263 e. The lowest BCUT2D eigenvalue weighted by Crippen LogP contribution is -2.12. The summed E-state index contributed by atoms with van der Waals surface area (Å²) in [7, 11) is -3.60. The number of sulfonamides is 1. The molecular weight excluding hydrogens is 316 g/mol. The molecule has 1 heterocycles. The molecule has 2 aromatic carbocycles. The van der Waals surface area contributed by atoms with Gasteiger partial charge in [-0.25, -0.2) is 13.4 Å². The van der Waals surface area contributed by atoms with Gasteiger partial charge in [0, 0.05) is 0 Å². The topological polar surface area (TPSA) is 59.1 Å². The second kappa shape index (κ2) is 5.37. The highest BCUT2D eigenvalue weighted by Gasteiger charge is 2.17. The fraction of sp³-hybridized carbons (Fsp3) is 0.188. The Labute approximate surface area is 133 Å². The van der Waals surface area contributed by atoms with Crippen molar-refractivity contribution in [2.45, 2.75) is 25.7 Å². The zero-order valence-electron chi connectivity index (χ0n) is 12.5. The van der Waals surface area contributed by atoms with Crippen LogP contribution in [0.2, 0.25) is 0 Å². The first kappa shape index (κ1) is 15.0. The number of aryl methyl sites for hydroxylation is 3. The number of nitrogens with zero attached hydrogens (tertiary/aromatic N) is 1. The zero-order chi connectivity index (χ0) is 15.9. The van der Waals surface area contributed by atoms with E-state index in [0.29, 0.717) is 5.13 Å². The molecule has 0 fully saturated rings. The largest absolute Gasteiger partial charge is 0.263 e. The van der Waals surface area contributed by atoms with Gasteiger partial charge in [0.05, 0.1) is 15.1 Å². The van der Waals surface area contributed by atoms with E-state index in [1.54, 1.807) is 24.3 Å². The number of benzene rings is 2. The molecule has 0 aliphatic carbocycles. The molecule has 6 heteroatoms. The Morgan fingerprint density at radius 2 is 1.68 bits per heavy atom. The smallest absolute Gasteiger partial charge is 0.255 e. The Bertz CT molecular complexity index is 942. The average molecular weight is 332 g/mol. The van der Waals surface area contributed by atoms with Crippen LogP contribution in [0.5, 0.6) is 0 Å². The lowest BCUT2D eigenvalue weighted by atomic mass is 10.1. The minimum atomic E-state index is -3.60. The quantitative estimate of drug-likeness (QED) is 0.788. The lowest BCUT2D eigenvalue weighted by molar-refractivity contribution is 0.601. The lowest BCUT2D eigenvalue weighted by Gasteiger charge is -2.05. The fourth-order valence-corrected chi connectivity index (χ4v) is 4.58. The summed E-state index contributed by atoms with van der Waals surface area (Å²) in [6.45, 7) is 5.91. The van der Waals surface area contributed by atoms with E-state index in [4.69, 9.17) is 0 Å². The molecule has 3 aromatic rings. The first-order valence-corrected chi connectivity index (χ1v) is 9.12. The SMILES string of the molecule is Cc1ccc(S(=O)(=O)Nc2nc3c(C)cc(C)cc3s2)cc1. The summed E-state index contributed by atoms with van der Waals surface area (Å²) in [4.78, 5) is 4.65. The highest BCUT2D eigenvalue weighted by Crippen LogP contribution is 2.30. The van der Waals surface area contributed by atoms with Crippen LogP contribution in [0, 0.1) is 20.8 Å². The molecule has 0 bridgehead atoms. The zero-order valence-corrected chi connectivity index (χ0v) is 14.2. The van der Waals surface area contributed by atoms with Gasteiger partial charge in [-0.1, -0.05) is 35.1 Å². The van der Waals surface area contributed by atoms with Gasteiger partial charge in [-0.2, -0.15) is 0 Å². The maximum absolute atomic E-state index is 12.4. The molecule has 0 aliphatic heterocycles. The van der Waals surface area contributed by atoms with Crippen LogP contribution in [-0.4, -0.2) is 13.4 Å². The van der Waals surface area contributed by atoms with Crippen molar-refractivity contribution in [3.05, 3.63) is 53.1 Å². The van der Waals surface area contributed by atoms with Crippen molar-refractivity contribution in [3.8, 4) is 0 Å².